The van der Waals surface area contributed by atoms with E-state index in [-0.39, 0.29) is 29.5 Å². The number of alkyl halides is 6. The van der Waals surface area contributed by atoms with Gasteiger partial charge in [-0.05, 0) is 54.2 Å². The Balaban J connectivity index is 0.000000245. The van der Waals surface area contributed by atoms with Crippen LogP contribution in [0, 0.1) is 0 Å². The van der Waals surface area contributed by atoms with E-state index >= 15 is 0 Å². The van der Waals surface area contributed by atoms with Crippen LogP contribution in [0.1, 0.15) is 74.7 Å². The number of aromatic nitrogens is 2. The molecule has 1 amide bonds. The van der Waals surface area contributed by atoms with Gasteiger partial charge < -0.3 is 15.0 Å². The number of pyridine rings is 2. The lowest BCUT2D eigenvalue weighted by atomic mass is 9.77. The van der Waals surface area contributed by atoms with E-state index in [2.05, 4.69) is 15.3 Å². The number of fused-ring (bicyclic) bond motifs is 2. The number of carbonyl (C=O) groups excluding carboxylic acids is 1. The first kappa shape index (κ1) is 31.7. The highest BCUT2D eigenvalue weighted by Gasteiger charge is 2.36. The molecule has 0 unspecified atom stereocenters. The van der Waals surface area contributed by atoms with E-state index in [9.17, 15) is 39.6 Å². The summed E-state index contributed by atoms with van der Waals surface area (Å²) >= 11 is 0. The quantitative estimate of drug-likeness (QED) is 0.368. The number of hydrogen-bond acceptors (Lipinski definition) is 7. The molecule has 1 aromatic carbocycles. The molecule has 6 rings (SSSR count). The molecule has 1 saturated carbocycles. The third-order valence-corrected chi connectivity index (χ3v) is 8.97. The van der Waals surface area contributed by atoms with Crippen LogP contribution in [0.15, 0.2) is 41.6 Å². The van der Waals surface area contributed by atoms with Gasteiger partial charge in [0, 0.05) is 49.4 Å². The van der Waals surface area contributed by atoms with Crippen molar-refractivity contribution < 1.29 is 44.3 Å². The summed E-state index contributed by atoms with van der Waals surface area (Å²) < 4.78 is 105. The van der Waals surface area contributed by atoms with Gasteiger partial charge in [0.1, 0.15) is 5.75 Å². The minimum atomic E-state index is -4.52. The predicted molar refractivity (Wildman–Crippen MR) is 145 cm³/mol. The lowest BCUT2D eigenvalue weighted by Gasteiger charge is -2.30. The summed E-state index contributed by atoms with van der Waals surface area (Å²) in [5.74, 6) is -0.0372. The van der Waals surface area contributed by atoms with E-state index in [1.54, 1.807) is 0 Å². The van der Waals surface area contributed by atoms with E-state index < -0.39 is 39.2 Å². The number of nitrogens with zero attached hydrogens (tertiary/aromatic N) is 3. The Morgan fingerprint density at radius 2 is 1.52 bits per heavy atom. The molecule has 44 heavy (non-hydrogen) atoms. The van der Waals surface area contributed by atoms with Crippen molar-refractivity contribution in [3.63, 3.8) is 0 Å². The van der Waals surface area contributed by atoms with E-state index in [0.29, 0.717) is 46.9 Å². The summed E-state index contributed by atoms with van der Waals surface area (Å²) in [5, 5.41) is 2.94. The summed E-state index contributed by atoms with van der Waals surface area (Å²) in [5.41, 5.74) is 1.44. The predicted octanol–water partition coefficient (Wildman–Crippen LogP) is 5.64. The van der Waals surface area contributed by atoms with E-state index in [1.807, 2.05) is 0 Å². The Morgan fingerprint density at radius 1 is 0.909 bits per heavy atom. The molecule has 2 aromatic heterocycles. The molecule has 1 fully saturated rings. The third-order valence-electron chi connectivity index (χ3n) is 7.88. The van der Waals surface area contributed by atoms with Gasteiger partial charge in [-0.2, -0.15) is 26.3 Å². The minimum Gasteiger partial charge on any atom is -0.496 e. The van der Waals surface area contributed by atoms with Crippen LogP contribution in [0.2, 0.25) is 0 Å². The molecule has 15 heteroatoms. The van der Waals surface area contributed by atoms with Crippen LogP contribution in [0.5, 0.6) is 5.75 Å². The molecule has 4 heterocycles. The maximum absolute atomic E-state index is 13.4. The summed E-state index contributed by atoms with van der Waals surface area (Å²) in [6.45, 7) is 1.07. The average molecular weight is 643 g/mol. The van der Waals surface area contributed by atoms with Crippen molar-refractivity contribution >= 4 is 15.7 Å². The number of ether oxygens (including phenoxy) is 1. The molecule has 0 bridgehead atoms. The van der Waals surface area contributed by atoms with Gasteiger partial charge in [-0.25, -0.2) is 8.42 Å². The molecule has 2 aliphatic heterocycles. The molecular formula is C29H28F6N4O4S. The van der Waals surface area contributed by atoms with Crippen molar-refractivity contribution in [1.82, 2.24) is 20.2 Å². The molecule has 0 radical (unpaired) electrons. The second-order valence-electron chi connectivity index (χ2n) is 10.9. The monoisotopic (exact) mass is 642 g/mol. The SMILES string of the molecule is COc1cc(S(C)(=O)=O)cc(C(=O)N2Cc3cc(C(F)(F)F)cnc3C2)c1C1CCC1.FC(F)(F)c1cnc2c(c1)CNC2. The van der Waals surface area contributed by atoms with Crippen LogP contribution in [-0.2, 0) is 48.4 Å². The third kappa shape index (κ3) is 6.53. The molecule has 0 saturated heterocycles. The Hall–Kier alpha value is -3.72. The summed E-state index contributed by atoms with van der Waals surface area (Å²) in [4.78, 5) is 22.4. The lowest BCUT2D eigenvalue weighted by molar-refractivity contribution is -0.138. The maximum atomic E-state index is 13.4. The highest BCUT2D eigenvalue weighted by atomic mass is 32.2. The lowest BCUT2D eigenvalue weighted by Crippen LogP contribution is -2.28. The maximum Gasteiger partial charge on any atom is 0.417 e. The number of sulfone groups is 1. The highest BCUT2D eigenvalue weighted by Crippen LogP contribution is 2.44. The van der Waals surface area contributed by atoms with Gasteiger partial charge in [-0.1, -0.05) is 6.42 Å². The minimum absolute atomic E-state index is 0.0272. The van der Waals surface area contributed by atoms with Crippen molar-refractivity contribution in [2.45, 2.75) is 68.6 Å². The van der Waals surface area contributed by atoms with E-state index in [0.717, 1.165) is 50.0 Å². The van der Waals surface area contributed by atoms with Crippen LogP contribution < -0.4 is 10.1 Å². The van der Waals surface area contributed by atoms with E-state index in [4.69, 9.17) is 4.74 Å². The van der Waals surface area contributed by atoms with Gasteiger partial charge in [0.05, 0.1) is 41.1 Å². The normalized spacial score (nSPS) is 16.5. The van der Waals surface area contributed by atoms with E-state index in [1.165, 1.54) is 24.1 Å². The van der Waals surface area contributed by atoms with Crippen LogP contribution in [0.3, 0.4) is 0 Å². The van der Waals surface area contributed by atoms with Gasteiger partial charge in [0.15, 0.2) is 9.84 Å². The van der Waals surface area contributed by atoms with Gasteiger partial charge in [0.2, 0.25) is 0 Å². The summed E-state index contributed by atoms with van der Waals surface area (Å²) in [6.07, 6.45) is -3.41. The van der Waals surface area contributed by atoms with Crippen molar-refractivity contribution in [3.8, 4) is 5.75 Å². The fourth-order valence-corrected chi connectivity index (χ4v) is 5.98. The zero-order valence-corrected chi connectivity index (χ0v) is 24.5. The smallest absolute Gasteiger partial charge is 0.417 e. The van der Waals surface area contributed by atoms with Gasteiger partial charge in [-0.15, -0.1) is 0 Å². The molecule has 1 N–H and O–H groups in total. The first-order valence-corrected chi connectivity index (χ1v) is 15.5. The first-order chi connectivity index (χ1) is 20.6. The number of benzene rings is 1. The standard InChI is InChI=1S/C21H21F3N2O4S.C8H7F3N2/c1-30-18-8-15(31(2,28)29)7-16(19(18)12-4-3-5-12)20(27)26-10-13-6-14(21(22,23)24)9-25-17(13)11-26;9-8(10,11)6-1-5-2-12-4-7(5)13-3-6/h6-9,12H,3-5,10-11H2,1-2H3;1,3,12H,2,4H2. The average Bonchev–Trinajstić information content (AvgIpc) is 3.56. The van der Waals surface area contributed by atoms with Gasteiger partial charge in [0.25, 0.3) is 5.91 Å². The Kier molecular flexibility index (Phi) is 8.39. The summed E-state index contributed by atoms with van der Waals surface area (Å²) in [6, 6.07) is 4.94. The van der Waals surface area contributed by atoms with Crippen LogP contribution in [0.25, 0.3) is 0 Å². The number of nitrogens with one attached hydrogen (secondary N) is 1. The second kappa shape index (κ2) is 11.7. The topological polar surface area (TPSA) is 101 Å². The molecule has 8 nitrogen and oxygen atoms in total. The zero-order chi connectivity index (χ0) is 32.0. The number of halogens is 6. The number of hydrogen-bond donors (Lipinski definition) is 1. The molecule has 236 valence electrons. The van der Waals surface area contributed by atoms with Gasteiger partial charge in [-0.3, -0.25) is 14.8 Å². The van der Waals surface area contributed by atoms with Crippen LogP contribution in [-0.4, -0.2) is 42.6 Å². The van der Waals surface area contributed by atoms with Crippen molar-refractivity contribution in [3.05, 3.63) is 81.4 Å². The van der Waals surface area contributed by atoms with Crippen LogP contribution >= 0.6 is 0 Å². The van der Waals surface area contributed by atoms with Gasteiger partial charge >= 0.3 is 12.4 Å². The molecule has 0 spiro atoms. The Bertz CT molecular complexity index is 1710. The number of amides is 1. The Morgan fingerprint density at radius 3 is 2.07 bits per heavy atom. The number of carbonyl (C=O) groups is 1. The first-order valence-electron chi connectivity index (χ1n) is 13.6. The summed E-state index contributed by atoms with van der Waals surface area (Å²) in [7, 11) is -2.19. The second-order valence-corrected chi connectivity index (χ2v) is 12.9. The largest absolute Gasteiger partial charge is 0.496 e. The fourth-order valence-electron chi connectivity index (χ4n) is 5.33. The number of methoxy groups -OCH3 is 1. The van der Waals surface area contributed by atoms with Crippen molar-refractivity contribution in [1.29, 1.82) is 0 Å². The zero-order valence-electron chi connectivity index (χ0n) is 23.6. The highest BCUT2D eigenvalue weighted by molar-refractivity contribution is 7.90. The fraction of sp³-hybridized carbons (Fsp3) is 0.414. The Labute approximate surface area is 249 Å². The molecular weight excluding hydrogens is 614 g/mol. The molecule has 3 aromatic rings. The van der Waals surface area contributed by atoms with Crippen molar-refractivity contribution in [2.24, 2.45) is 0 Å². The van der Waals surface area contributed by atoms with Crippen LogP contribution in [0.4, 0.5) is 26.3 Å². The van der Waals surface area contributed by atoms with Crippen molar-refractivity contribution in [2.75, 3.05) is 13.4 Å². The molecule has 1 aliphatic carbocycles. The molecule has 3 aliphatic rings. The molecule has 0 atom stereocenters. The number of rotatable bonds is 4.